The second-order valence-corrected chi connectivity index (χ2v) is 4.74. The van der Waals surface area contributed by atoms with Gasteiger partial charge in [-0.3, -0.25) is 14.9 Å². The summed E-state index contributed by atoms with van der Waals surface area (Å²) in [6.07, 6.45) is 0. The third-order valence-electron chi connectivity index (χ3n) is 2.50. The zero-order valence-corrected chi connectivity index (χ0v) is 11.6. The molecule has 2 aromatic carbocycles. The monoisotopic (exact) mass is 338 g/mol. The van der Waals surface area contributed by atoms with Crippen LogP contribution in [0.15, 0.2) is 46.9 Å². The number of non-ortho nitro benzene ring substituents is 1. The highest BCUT2D eigenvalue weighted by Gasteiger charge is 2.12. The highest BCUT2D eigenvalue weighted by Crippen LogP contribution is 2.20. The zero-order chi connectivity index (χ0) is 14.7. The lowest BCUT2D eigenvalue weighted by molar-refractivity contribution is -0.384. The predicted molar refractivity (Wildman–Crippen MR) is 75.1 cm³/mol. The van der Waals surface area contributed by atoms with E-state index in [0.29, 0.717) is 0 Å². The van der Waals surface area contributed by atoms with E-state index in [4.69, 9.17) is 0 Å². The van der Waals surface area contributed by atoms with Crippen molar-refractivity contribution in [3.63, 3.8) is 0 Å². The first kappa shape index (κ1) is 14.1. The summed E-state index contributed by atoms with van der Waals surface area (Å²) in [5, 5.41) is 13.1. The van der Waals surface area contributed by atoms with Gasteiger partial charge in [0, 0.05) is 23.4 Å². The number of carbonyl (C=O) groups is 1. The lowest BCUT2D eigenvalue weighted by Crippen LogP contribution is -2.12. The van der Waals surface area contributed by atoms with Crippen LogP contribution < -0.4 is 5.32 Å². The Morgan fingerprint density at radius 3 is 2.65 bits per heavy atom. The molecule has 0 spiro atoms. The molecule has 0 aliphatic carbocycles. The molecule has 0 radical (unpaired) electrons. The van der Waals surface area contributed by atoms with Crippen LogP contribution in [0.3, 0.4) is 0 Å². The number of halogens is 2. The van der Waals surface area contributed by atoms with Crippen molar-refractivity contribution in [2.45, 2.75) is 0 Å². The van der Waals surface area contributed by atoms with E-state index in [9.17, 15) is 19.3 Å². The molecule has 0 bridgehead atoms. The molecule has 102 valence electrons. The molecule has 0 aliphatic heterocycles. The minimum atomic E-state index is -0.587. The fourth-order valence-corrected chi connectivity index (χ4v) is 1.78. The maximum absolute atomic E-state index is 13.3. The molecule has 0 unspecified atom stereocenters. The van der Waals surface area contributed by atoms with Crippen molar-refractivity contribution < 1.29 is 14.1 Å². The molecule has 7 heteroatoms. The van der Waals surface area contributed by atoms with E-state index in [2.05, 4.69) is 21.2 Å². The fraction of sp³-hybridized carbons (Fsp3) is 0. The number of rotatable bonds is 3. The summed E-state index contributed by atoms with van der Waals surface area (Å²) in [6, 6.07) is 9.42. The first-order valence-electron chi connectivity index (χ1n) is 5.48. The van der Waals surface area contributed by atoms with Gasteiger partial charge in [-0.15, -0.1) is 0 Å². The van der Waals surface area contributed by atoms with Gasteiger partial charge < -0.3 is 5.32 Å². The molecule has 0 aliphatic rings. The molecule has 2 rings (SSSR count). The SMILES string of the molecule is O=C(Nc1ccc(Br)c(F)c1)c1cccc([N+](=O)[O-])c1. The Morgan fingerprint density at radius 2 is 2.00 bits per heavy atom. The molecule has 0 fully saturated rings. The number of anilines is 1. The van der Waals surface area contributed by atoms with Crippen LogP contribution in [0.2, 0.25) is 0 Å². The summed E-state index contributed by atoms with van der Waals surface area (Å²) in [5.41, 5.74) is 0.212. The molecule has 5 nitrogen and oxygen atoms in total. The molecule has 0 heterocycles. The number of hydrogen-bond acceptors (Lipinski definition) is 3. The number of hydrogen-bond donors (Lipinski definition) is 1. The summed E-state index contributed by atoms with van der Waals surface area (Å²) >= 11 is 3.00. The van der Waals surface area contributed by atoms with Gasteiger partial charge >= 0.3 is 0 Å². The maximum atomic E-state index is 13.3. The Kier molecular flexibility index (Phi) is 4.09. The zero-order valence-electron chi connectivity index (χ0n) is 9.97. The summed E-state index contributed by atoms with van der Waals surface area (Å²) in [4.78, 5) is 22.0. The molecule has 1 N–H and O–H groups in total. The van der Waals surface area contributed by atoms with Gasteiger partial charge in [-0.25, -0.2) is 4.39 Å². The van der Waals surface area contributed by atoms with Gasteiger partial charge in [0.1, 0.15) is 5.82 Å². The maximum Gasteiger partial charge on any atom is 0.270 e. The average Bonchev–Trinajstić information content (AvgIpc) is 2.43. The van der Waals surface area contributed by atoms with Crippen LogP contribution in [0.5, 0.6) is 0 Å². The Labute approximate surface area is 121 Å². The van der Waals surface area contributed by atoms with Gasteiger partial charge in [0.15, 0.2) is 0 Å². The van der Waals surface area contributed by atoms with Crippen LogP contribution >= 0.6 is 15.9 Å². The number of nitro benzene ring substituents is 1. The quantitative estimate of drug-likeness (QED) is 0.684. The first-order chi connectivity index (χ1) is 9.47. The number of carbonyl (C=O) groups excluding carboxylic acids is 1. The number of nitrogens with one attached hydrogen (secondary N) is 1. The highest BCUT2D eigenvalue weighted by atomic mass is 79.9. The van der Waals surface area contributed by atoms with Crippen molar-refractivity contribution in [2.24, 2.45) is 0 Å². The van der Waals surface area contributed by atoms with Gasteiger partial charge in [0.2, 0.25) is 0 Å². The molecular formula is C13H8BrFN2O3. The largest absolute Gasteiger partial charge is 0.322 e. The van der Waals surface area contributed by atoms with Crippen LogP contribution in [0.4, 0.5) is 15.8 Å². The highest BCUT2D eigenvalue weighted by molar-refractivity contribution is 9.10. The van der Waals surface area contributed by atoms with Crippen LogP contribution in [-0.4, -0.2) is 10.8 Å². The van der Waals surface area contributed by atoms with Gasteiger partial charge in [0.05, 0.1) is 9.40 Å². The van der Waals surface area contributed by atoms with E-state index >= 15 is 0 Å². The second kappa shape index (κ2) is 5.79. The third kappa shape index (κ3) is 3.18. The summed E-state index contributed by atoms with van der Waals surface area (Å²) < 4.78 is 13.6. The fourth-order valence-electron chi connectivity index (χ4n) is 1.54. The Bertz CT molecular complexity index is 691. The van der Waals surface area contributed by atoms with E-state index in [0.717, 1.165) is 12.1 Å². The summed E-state index contributed by atoms with van der Waals surface area (Å²) in [7, 11) is 0. The number of nitro groups is 1. The normalized spacial score (nSPS) is 10.1. The summed E-state index contributed by atoms with van der Waals surface area (Å²) in [5.74, 6) is -1.06. The standard InChI is InChI=1S/C13H8BrFN2O3/c14-11-5-4-9(7-12(11)15)16-13(18)8-2-1-3-10(6-8)17(19)20/h1-7H,(H,16,18). The lowest BCUT2D eigenvalue weighted by atomic mass is 10.2. The van der Waals surface area contributed by atoms with Crippen LogP contribution in [0, 0.1) is 15.9 Å². The number of benzene rings is 2. The van der Waals surface area contributed by atoms with E-state index in [1.165, 1.54) is 30.3 Å². The van der Waals surface area contributed by atoms with Crippen molar-refractivity contribution in [3.05, 3.63) is 68.4 Å². The number of nitrogens with zero attached hydrogens (tertiary/aromatic N) is 1. The van der Waals surface area contributed by atoms with Gasteiger partial charge in [0.25, 0.3) is 11.6 Å². The van der Waals surface area contributed by atoms with E-state index in [1.807, 2.05) is 0 Å². The molecule has 0 atom stereocenters. The molecule has 0 aromatic heterocycles. The van der Waals surface area contributed by atoms with Gasteiger partial charge in [-0.1, -0.05) is 6.07 Å². The third-order valence-corrected chi connectivity index (χ3v) is 3.14. The van der Waals surface area contributed by atoms with Crippen molar-refractivity contribution in [2.75, 3.05) is 5.32 Å². The van der Waals surface area contributed by atoms with Crippen LogP contribution in [0.25, 0.3) is 0 Å². The minimum absolute atomic E-state index is 0.127. The van der Waals surface area contributed by atoms with Gasteiger partial charge in [-0.2, -0.15) is 0 Å². The molecule has 1 amide bonds. The van der Waals surface area contributed by atoms with Crippen LogP contribution in [-0.2, 0) is 0 Å². The smallest absolute Gasteiger partial charge is 0.270 e. The average molecular weight is 339 g/mol. The molecule has 0 saturated carbocycles. The molecular weight excluding hydrogens is 331 g/mol. The molecule has 2 aromatic rings. The molecule has 0 saturated heterocycles. The van der Waals surface area contributed by atoms with Crippen LogP contribution in [0.1, 0.15) is 10.4 Å². The minimum Gasteiger partial charge on any atom is -0.322 e. The van der Waals surface area contributed by atoms with E-state index in [-0.39, 0.29) is 21.4 Å². The molecule has 20 heavy (non-hydrogen) atoms. The Balaban J connectivity index is 2.21. The van der Waals surface area contributed by atoms with Crippen molar-refractivity contribution in [1.29, 1.82) is 0 Å². The van der Waals surface area contributed by atoms with E-state index in [1.54, 1.807) is 0 Å². The number of amides is 1. The lowest BCUT2D eigenvalue weighted by Gasteiger charge is -2.06. The second-order valence-electron chi connectivity index (χ2n) is 3.89. The van der Waals surface area contributed by atoms with Gasteiger partial charge in [-0.05, 0) is 40.2 Å². The van der Waals surface area contributed by atoms with Crippen molar-refractivity contribution >= 4 is 33.2 Å². The summed E-state index contributed by atoms with van der Waals surface area (Å²) in [6.45, 7) is 0. The van der Waals surface area contributed by atoms with E-state index < -0.39 is 16.6 Å². The first-order valence-corrected chi connectivity index (χ1v) is 6.27. The van der Waals surface area contributed by atoms with Crippen molar-refractivity contribution in [3.8, 4) is 0 Å². The Hall–Kier alpha value is -2.28. The van der Waals surface area contributed by atoms with Crippen molar-refractivity contribution in [1.82, 2.24) is 0 Å². The predicted octanol–water partition coefficient (Wildman–Crippen LogP) is 3.75. The Morgan fingerprint density at radius 1 is 1.25 bits per heavy atom. The topological polar surface area (TPSA) is 72.2 Å².